The van der Waals surface area contributed by atoms with Gasteiger partial charge in [0.25, 0.3) is 0 Å². The summed E-state index contributed by atoms with van der Waals surface area (Å²) < 4.78 is 0. The highest BCUT2D eigenvalue weighted by Gasteiger charge is 2.08. The lowest BCUT2D eigenvalue weighted by molar-refractivity contribution is 0.821. The lowest BCUT2D eigenvalue weighted by atomic mass is 9.95. The monoisotopic (exact) mass is 239 g/mol. The highest BCUT2D eigenvalue weighted by atomic mass is 14.7. The van der Waals surface area contributed by atoms with E-state index in [2.05, 4.69) is 63.9 Å². The van der Waals surface area contributed by atoms with Crippen molar-refractivity contribution in [2.45, 2.75) is 40.5 Å². The van der Waals surface area contributed by atoms with Gasteiger partial charge in [-0.3, -0.25) is 4.98 Å². The summed E-state index contributed by atoms with van der Waals surface area (Å²) in [4.78, 5) is 4.58. The van der Waals surface area contributed by atoms with Crippen LogP contribution >= 0.6 is 0 Å². The van der Waals surface area contributed by atoms with E-state index in [1.807, 2.05) is 6.20 Å². The van der Waals surface area contributed by atoms with Crippen molar-refractivity contribution >= 4 is 0 Å². The largest absolute Gasteiger partial charge is 0.260 e. The molecule has 0 atom stereocenters. The van der Waals surface area contributed by atoms with Gasteiger partial charge in [0.15, 0.2) is 0 Å². The quantitative estimate of drug-likeness (QED) is 0.733. The predicted octanol–water partition coefficient (Wildman–Crippen LogP) is 4.80. The van der Waals surface area contributed by atoms with Crippen LogP contribution in [0.25, 0.3) is 11.1 Å². The topological polar surface area (TPSA) is 12.9 Å². The first-order chi connectivity index (χ1) is 8.49. The van der Waals surface area contributed by atoms with Crippen LogP contribution in [0.5, 0.6) is 0 Å². The summed E-state index contributed by atoms with van der Waals surface area (Å²) in [5, 5.41) is 0. The first-order valence-corrected chi connectivity index (χ1v) is 6.53. The number of aryl methyl sites for hydroxylation is 3. The zero-order valence-electron chi connectivity index (χ0n) is 11.9. The van der Waals surface area contributed by atoms with Crippen LogP contribution < -0.4 is 0 Å². The molecule has 94 valence electrons. The third-order valence-corrected chi connectivity index (χ3v) is 3.40. The molecule has 0 aliphatic carbocycles. The minimum atomic E-state index is 0.483. The summed E-state index contributed by atoms with van der Waals surface area (Å²) in [6, 6.07) is 8.80. The Morgan fingerprint density at radius 3 is 2.11 bits per heavy atom. The van der Waals surface area contributed by atoms with Crippen molar-refractivity contribution in [3.8, 4) is 11.1 Å². The van der Waals surface area contributed by atoms with Gasteiger partial charge in [-0.2, -0.15) is 0 Å². The normalized spacial score (nSPS) is 11.0. The Morgan fingerprint density at radius 1 is 0.889 bits per heavy atom. The van der Waals surface area contributed by atoms with Crippen molar-refractivity contribution in [1.29, 1.82) is 0 Å². The Bertz CT molecular complexity index is 568. The summed E-state index contributed by atoms with van der Waals surface area (Å²) in [7, 11) is 0. The van der Waals surface area contributed by atoms with Gasteiger partial charge in [-0.15, -0.1) is 0 Å². The Morgan fingerprint density at radius 2 is 1.56 bits per heavy atom. The first-order valence-electron chi connectivity index (χ1n) is 6.53. The minimum absolute atomic E-state index is 0.483. The number of pyridine rings is 1. The molecule has 0 spiro atoms. The van der Waals surface area contributed by atoms with Crippen LogP contribution in [0.15, 0.2) is 30.5 Å². The number of aromatic nitrogens is 1. The molecule has 1 heterocycles. The minimum Gasteiger partial charge on any atom is -0.260 e. The fourth-order valence-corrected chi connectivity index (χ4v) is 2.29. The third kappa shape index (κ3) is 2.45. The molecule has 0 amide bonds. The average Bonchev–Trinajstić information content (AvgIpc) is 2.30. The summed E-state index contributed by atoms with van der Waals surface area (Å²) in [5.41, 5.74) is 7.64. The van der Waals surface area contributed by atoms with Gasteiger partial charge in [-0.1, -0.05) is 37.6 Å². The van der Waals surface area contributed by atoms with Crippen LogP contribution in [-0.4, -0.2) is 4.98 Å². The van der Waals surface area contributed by atoms with Gasteiger partial charge in [0, 0.05) is 17.5 Å². The molecule has 0 saturated carbocycles. The first kappa shape index (κ1) is 12.8. The van der Waals surface area contributed by atoms with Gasteiger partial charge >= 0.3 is 0 Å². The Kier molecular flexibility index (Phi) is 3.51. The predicted molar refractivity (Wildman–Crippen MR) is 78.0 cm³/mol. The summed E-state index contributed by atoms with van der Waals surface area (Å²) in [5.74, 6) is 0.483. The molecule has 0 bridgehead atoms. The molecule has 0 aliphatic heterocycles. The Hall–Kier alpha value is -1.63. The molecule has 1 nitrogen and oxygen atoms in total. The second-order valence-corrected chi connectivity index (χ2v) is 5.40. The van der Waals surface area contributed by atoms with E-state index in [0.717, 1.165) is 0 Å². The average molecular weight is 239 g/mol. The Balaban J connectivity index is 2.51. The van der Waals surface area contributed by atoms with E-state index in [1.54, 1.807) is 0 Å². The second-order valence-electron chi connectivity index (χ2n) is 5.40. The molecule has 1 heteroatoms. The zero-order chi connectivity index (χ0) is 13.3. The van der Waals surface area contributed by atoms with E-state index < -0.39 is 0 Å². The van der Waals surface area contributed by atoms with Crippen LogP contribution in [0, 0.1) is 20.8 Å². The number of rotatable bonds is 2. The molecule has 2 aromatic rings. The summed E-state index contributed by atoms with van der Waals surface area (Å²) in [6.07, 6.45) is 2.02. The summed E-state index contributed by atoms with van der Waals surface area (Å²) >= 11 is 0. The van der Waals surface area contributed by atoms with Crippen LogP contribution in [0.1, 0.15) is 42.1 Å². The van der Waals surface area contributed by atoms with Crippen LogP contribution in [0.4, 0.5) is 0 Å². The van der Waals surface area contributed by atoms with Gasteiger partial charge < -0.3 is 0 Å². The van der Waals surface area contributed by atoms with Gasteiger partial charge in [-0.25, -0.2) is 0 Å². The highest BCUT2D eigenvalue weighted by Crippen LogP contribution is 2.28. The van der Waals surface area contributed by atoms with Crippen molar-refractivity contribution in [2.75, 3.05) is 0 Å². The molecule has 1 aromatic heterocycles. The maximum absolute atomic E-state index is 4.58. The van der Waals surface area contributed by atoms with Crippen molar-refractivity contribution in [1.82, 2.24) is 4.98 Å². The Labute approximate surface area is 110 Å². The van der Waals surface area contributed by atoms with Crippen LogP contribution in [-0.2, 0) is 0 Å². The van der Waals surface area contributed by atoms with E-state index in [4.69, 9.17) is 0 Å². The molecule has 0 radical (unpaired) electrons. The number of hydrogen-bond donors (Lipinski definition) is 0. The molecule has 0 saturated heterocycles. The number of nitrogens with zero attached hydrogens (tertiary/aromatic N) is 1. The lowest BCUT2D eigenvalue weighted by Gasteiger charge is -2.12. The fraction of sp³-hybridized carbons (Fsp3) is 0.353. The molecule has 1 aromatic carbocycles. The van der Waals surface area contributed by atoms with Gasteiger partial charge in [0.2, 0.25) is 0 Å². The standard InChI is InChI=1S/C17H21N/c1-11(2)17-9-14(5)16(10-18-17)15-7-6-12(3)8-13(15)4/h6-11H,1-5H3. The van der Waals surface area contributed by atoms with E-state index in [0.29, 0.717) is 5.92 Å². The van der Waals surface area contributed by atoms with Gasteiger partial charge in [0.05, 0.1) is 0 Å². The van der Waals surface area contributed by atoms with Crippen molar-refractivity contribution < 1.29 is 0 Å². The molecule has 0 aliphatic rings. The fourth-order valence-electron chi connectivity index (χ4n) is 2.29. The van der Waals surface area contributed by atoms with Crippen molar-refractivity contribution in [2.24, 2.45) is 0 Å². The van der Waals surface area contributed by atoms with Gasteiger partial charge in [-0.05, 0) is 49.4 Å². The number of hydrogen-bond acceptors (Lipinski definition) is 1. The lowest BCUT2D eigenvalue weighted by Crippen LogP contribution is -1.96. The third-order valence-electron chi connectivity index (χ3n) is 3.40. The van der Waals surface area contributed by atoms with E-state index in [1.165, 1.54) is 33.5 Å². The molecule has 2 rings (SSSR count). The zero-order valence-corrected chi connectivity index (χ0v) is 11.9. The molecule has 0 unspecified atom stereocenters. The van der Waals surface area contributed by atoms with Crippen LogP contribution in [0.3, 0.4) is 0 Å². The molecule has 18 heavy (non-hydrogen) atoms. The molecule has 0 N–H and O–H groups in total. The van der Waals surface area contributed by atoms with E-state index in [-0.39, 0.29) is 0 Å². The maximum atomic E-state index is 4.58. The molecular weight excluding hydrogens is 218 g/mol. The molecule has 0 fully saturated rings. The van der Waals surface area contributed by atoms with E-state index in [9.17, 15) is 0 Å². The van der Waals surface area contributed by atoms with Crippen molar-refractivity contribution in [3.05, 3.63) is 52.8 Å². The van der Waals surface area contributed by atoms with Crippen LogP contribution in [0.2, 0.25) is 0 Å². The number of benzene rings is 1. The smallest absolute Gasteiger partial charge is 0.0432 e. The summed E-state index contributed by atoms with van der Waals surface area (Å²) in [6.45, 7) is 10.8. The second kappa shape index (κ2) is 4.93. The highest BCUT2D eigenvalue weighted by molar-refractivity contribution is 5.70. The van der Waals surface area contributed by atoms with E-state index >= 15 is 0 Å². The molecular formula is C17H21N. The SMILES string of the molecule is Cc1ccc(-c2cnc(C(C)C)cc2C)c(C)c1. The maximum Gasteiger partial charge on any atom is 0.0432 e. The van der Waals surface area contributed by atoms with Crippen molar-refractivity contribution in [3.63, 3.8) is 0 Å². The van der Waals surface area contributed by atoms with Gasteiger partial charge in [0.1, 0.15) is 0 Å².